The van der Waals surface area contributed by atoms with E-state index in [-0.39, 0.29) is 55.8 Å². The molecule has 15 aromatic carbocycles. The van der Waals surface area contributed by atoms with E-state index in [4.69, 9.17) is 77.0 Å². The molecule has 112 heavy (non-hydrogen) atoms. The second kappa shape index (κ2) is 25.1. The van der Waals surface area contributed by atoms with Crippen molar-refractivity contribution in [3.8, 4) is 108 Å². The lowest BCUT2D eigenvalue weighted by Crippen LogP contribution is -2.59. The maximum Gasteiger partial charge on any atom is 0.260 e. The molecule has 0 fully saturated rings. The van der Waals surface area contributed by atoms with Gasteiger partial charge in [-0.1, -0.05) is 212 Å². The number of nitriles is 1. The van der Waals surface area contributed by atoms with Crippen LogP contribution in [-0.2, 0) is 5.41 Å². The summed E-state index contributed by atoms with van der Waals surface area (Å²) in [6.07, 6.45) is 0. The first-order chi connectivity index (χ1) is 54.5. The number of para-hydroxylation sites is 2. The highest BCUT2D eigenvalue weighted by atomic mass is 16.5. The predicted octanol–water partition coefficient (Wildman–Crippen LogP) is 10.9. The van der Waals surface area contributed by atoms with E-state index < -0.39 is 6.71 Å². The van der Waals surface area contributed by atoms with Crippen molar-refractivity contribution in [2.45, 2.75) is 26.2 Å². The average molecular weight is 1410 g/mol. The Bertz CT molecular complexity index is 6900. The van der Waals surface area contributed by atoms with Crippen LogP contribution < -0.4 is 95.6 Å². The van der Waals surface area contributed by atoms with Gasteiger partial charge in [0, 0.05) is 67.3 Å². The predicted molar refractivity (Wildman–Crippen MR) is 472 cm³/mol. The van der Waals surface area contributed by atoms with Crippen molar-refractivity contribution < 1.29 is 14.2 Å². The van der Waals surface area contributed by atoms with E-state index in [2.05, 4.69) is 267 Å². The van der Waals surface area contributed by atoms with E-state index in [0.717, 1.165) is 144 Å². The summed E-state index contributed by atoms with van der Waals surface area (Å²) < 4.78 is 27.0. The Balaban J connectivity index is 0.903. The number of ether oxygens (including phenoxy) is 3. The molecule has 2 aromatic heterocycles. The highest BCUT2D eigenvalue weighted by molar-refractivity contribution is 7.00. The first-order valence-corrected chi connectivity index (χ1v) is 37.4. The van der Waals surface area contributed by atoms with Gasteiger partial charge in [0.05, 0.1) is 22.7 Å². The van der Waals surface area contributed by atoms with Crippen molar-refractivity contribution in [2.24, 2.45) is 0 Å². The van der Waals surface area contributed by atoms with Crippen LogP contribution in [0.25, 0.3) is 111 Å². The second-order valence-corrected chi connectivity index (χ2v) is 30.7. The lowest BCUT2D eigenvalue weighted by atomic mass is 9.34. The number of benzene rings is 15. The number of nitrogens with zero attached hydrogens (tertiary/aromatic N) is 4. The third kappa shape index (κ3) is 9.99. The zero-order valence-corrected chi connectivity index (χ0v) is 61.3. The summed E-state index contributed by atoms with van der Waals surface area (Å²) in [5, 5.41) is 13.3. The van der Waals surface area contributed by atoms with Crippen LogP contribution in [0.5, 0.6) is 34.5 Å². The molecule has 7 nitrogen and oxygen atoms in total. The summed E-state index contributed by atoms with van der Waals surface area (Å²) in [6, 6.07) is 98.4. The Labute approximate surface area is 660 Å². The van der Waals surface area contributed by atoms with Crippen molar-refractivity contribution in [3.63, 3.8) is 0 Å². The fourth-order valence-corrected chi connectivity index (χ4v) is 18.1. The zero-order chi connectivity index (χ0) is 76.0. The van der Waals surface area contributed by atoms with E-state index in [1.54, 1.807) is 0 Å². The van der Waals surface area contributed by atoms with Gasteiger partial charge in [-0.25, -0.2) is 0 Å². The summed E-state index contributed by atoms with van der Waals surface area (Å²) in [5.41, 5.74) is 24.5. The molecule has 0 aliphatic carbocycles. The Kier molecular flexibility index (Phi) is 15.1. The first-order valence-electron chi connectivity index (χ1n) is 37.4. The minimum Gasteiger partial charge on any atom is -0.458 e. The van der Waals surface area contributed by atoms with Crippen LogP contribution in [0.15, 0.2) is 273 Å². The summed E-state index contributed by atoms with van der Waals surface area (Å²) in [5.74, 6) is 4.12. The summed E-state index contributed by atoms with van der Waals surface area (Å²) in [6.45, 7) is 5.93. The Morgan fingerprint density at radius 1 is 0.339 bits per heavy atom. The summed E-state index contributed by atoms with van der Waals surface area (Å²) in [7, 11) is 56.3. The van der Waals surface area contributed by atoms with Gasteiger partial charge in [-0.05, 0) is 196 Å². The lowest BCUT2D eigenvalue weighted by Gasteiger charge is -2.41. The van der Waals surface area contributed by atoms with E-state index in [9.17, 15) is 5.26 Å². The Morgan fingerprint density at radius 3 is 1.47 bits per heavy atom. The van der Waals surface area contributed by atoms with Crippen LogP contribution in [0.1, 0.15) is 31.9 Å². The Hall–Kier alpha value is -12.8. The van der Waals surface area contributed by atoms with Crippen LogP contribution in [0, 0.1) is 11.3 Å². The number of hydrogen-bond acceptors (Lipinski definition) is 5. The SMILES string of the molecule is [B]c1c([B])c([B])c2c(c1[B])c1c([B])c([B])c([B])c([B])c1n2-c1ccc2c(c1)N(c1cc(-c3ccccc3)cc(-c3ccccc3)c1)c1cc(-c3cc4c5c(c3-c3ccccc3-c3ccccc3)Oc3ccccc3B5c3ccccc3O4)cc3c1B2c1ccc(-n2c4ccc(C#N)cc4c4cc(C(C)(C)C)ccc42)cc1O3. The second-order valence-electron chi connectivity index (χ2n) is 30.7. The molecule has 17 aromatic rings. The number of anilines is 3. The molecular formula is C95H54B10N4O3. The smallest absolute Gasteiger partial charge is 0.260 e. The standard InChI is InChI=1S/C95H54B10N4O3/c1-95(2,3)57-32-38-71-65(45-57)64-39-50(49-106)31-37-70(64)107(71)59-34-36-69-76(47-59)111-77-44-56(63-48-78-91-94(79(63)62-26-14-13-25-61(62)53-23-11-6-12-24-53)112-75-30-18-16-28-68(75)105(91)67-27-15-17-29-74(67)110-78)43-73-90(77)104(69)66-35-33-58(109-92-80(82(96)84(98)86(100)88(92)102)81-83(97)85(99)87(101)89(103)93(81)109)46-72(66)108(73)60-41-54(51-19-7-4-8-20-51)40-55(42-60)52-21-9-5-10-22-52/h4-48H,1-3H3. The topological polar surface area (TPSA) is 64.6 Å². The van der Waals surface area contributed by atoms with Gasteiger partial charge in [-0.3, -0.25) is 0 Å². The third-order valence-electron chi connectivity index (χ3n) is 23.4. The fourth-order valence-electron chi connectivity index (χ4n) is 18.1. The van der Waals surface area contributed by atoms with E-state index in [0.29, 0.717) is 56.1 Å². The lowest BCUT2D eigenvalue weighted by molar-refractivity contribution is 0.466. The van der Waals surface area contributed by atoms with E-state index in [1.807, 2.05) is 47.0 Å². The number of fused-ring (bicyclic) bond motifs is 14. The molecule has 4 aliphatic rings. The summed E-state index contributed by atoms with van der Waals surface area (Å²) >= 11 is 0. The third-order valence-corrected chi connectivity index (χ3v) is 23.4. The number of rotatable bonds is 8. The first kappa shape index (κ1) is 67.4. The number of aromatic nitrogens is 2. The van der Waals surface area contributed by atoms with Crippen LogP contribution in [0.4, 0.5) is 17.1 Å². The van der Waals surface area contributed by atoms with Gasteiger partial charge >= 0.3 is 0 Å². The van der Waals surface area contributed by atoms with Gasteiger partial charge < -0.3 is 28.2 Å². The summed E-state index contributed by atoms with van der Waals surface area (Å²) in [4.78, 5) is 2.37. The molecule has 0 amide bonds. The number of hydrogen-bond donors (Lipinski definition) is 0. The van der Waals surface area contributed by atoms with Crippen molar-refractivity contribution >= 4 is 213 Å². The quantitative estimate of drug-likeness (QED) is 0.142. The molecule has 21 rings (SSSR count). The molecule has 502 valence electrons. The van der Waals surface area contributed by atoms with Crippen LogP contribution in [-0.4, -0.2) is 85.3 Å². The van der Waals surface area contributed by atoms with Gasteiger partial charge in [0.1, 0.15) is 97.3 Å². The van der Waals surface area contributed by atoms with Gasteiger partial charge in [-0.2, -0.15) is 5.26 Å². The Morgan fingerprint density at radius 2 is 0.848 bits per heavy atom. The molecule has 16 radical (unpaired) electrons. The molecule has 17 heteroatoms. The molecule has 0 atom stereocenters. The van der Waals surface area contributed by atoms with Crippen molar-refractivity contribution in [1.29, 1.82) is 5.26 Å². The highest BCUT2D eigenvalue weighted by Crippen LogP contribution is 2.53. The molecule has 0 N–H and O–H groups in total. The molecule has 0 saturated heterocycles. The average Bonchev–Trinajstić information content (AvgIpc) is 0.887. The monoisotopic (exact) mass is 1410 g/mol. The van der Waals surface area contributed by atoms with Crippen LogP contribution >= 0.6 is 0 Å². The van der Waals surface area contributed by atoms with Crippen molar-refractivity contribution in [2.75, 3.05) is 4.90 Å². The molecule has 0 saturated carbocycles. The largest absolute Gasteiger partial charge is 0.458 e. The van der Waals surface area contributed by atoms with Crippen LogP contribution in [0.2, 0.25) is 0 Å². The zero-order valence-electron chi connectivity index (χ0n) is 61.3. The molecule has 0 unspecified atom stereocenters. The van der Waals surface area contributed by atoms with Crippen molar-refractivity contribution in [3.05, 3.63) is 284 Å². The van der Waals surface area contributed by atoms with E-state index in [1.165, 1.54) is 5.56 Å². The van der Waals surface area contributed by atoms with Gasteiger partial charge in [0.15, 0.2) is 0 Å². The molecule has 0 spiro atoms. The fraction of sp³-hybridized carbons (Fsp3) is 0.0421. The van der Waals surface area contributed by atoms with E-state index >= 15 is 0 Å². The minimum absolute atomic E-state index is 0.0920. The van der Waals surface area contributed by atoms with Crippen molar-refractivity contribution in [1.82, 2.24) is 9.13 Å². The molecular weight excluding hydrogens is 1350 g/mol. The molecule has 0 bridgehead atoms. The maximum atomic E-state index is 10.4. The van der Waals surface area contributed by atoms with Gasteiger partial charge in [0.2, 0.25) is 0 Å². The molecule has 4 aliphatic heterocycles. The van der Waals surface area contributed by atoms with Gasteiger partial charge in [-0.15, -0.1) is 21.9 Å². The normalized spacial score (nSPS) is 12.9. The highest BCUT2D eigenvalue weighted by Gasteiger charge is 2.46. The minimum atomic E-state index is -0.498. The van der Waals surface area contributed by atoms with Crippen LogP contribution in [0.3, 0.4) is 0 Å². The molecule has 6 heterocycles. The maximum absolute atomic E-state index is 10.4. The van der Waals surface area contributed by atoms with Gasteiger partial charge in [0.25, 0.3) is 13.4 Å².